The summed E-state index contributed by atoms with van der Waals surface area (Å²) >= 11 is 0. The largest absolute Gasteiger partial charge is 0.368 e. The van der Waals surface area contributed by atoms with Crippen LogP contribution in [0, 0.1) is 40.5 Å². The Morgan fingerprint density at radius 1 is 0.794 bits per heavy atom. The molecule has 2 aromatic rings. The number of nitrogens with zero attached hydrogens (tertiary/aromatic N) is 3. The molecule has 0 N–H and O–H groups in total. The van der Waals surface area contributed by atoms with E-state index in [1.165, 1.54) is 11.3 Å². The van der Waals surface area contributed by atoms with E-state index >= 15 is 0 Å². The van der Waals surface area contributed by atoms with Gasteiger partial charge >= 0.3 is 0 Å². The lowest BCUT2D eigenvalue weighted by molar-refractivity contribution is -0.137. The topological polar surface area (TPSA) is 60.9 Å². The minimum Gasteiger partial charge on any atom is -0.368 e. The molecule has 2 aliphatic rings. The van der Waals surface area contributed by atoms with Crippen molar-refractivity contribution in [2.75, 3.05) is 44.2 Å². The van der Waals surface area contributed by atoms with Crippen LogP contribution in [0.1, 0.15) is 40.7 Å². The van der Waals surface area contributed by atoms with Crippen LogP contribution in [0.3, 0.4) is 0 Å². The fraction of sp³-hybridized carbons (Fsp3) is 0.519. The van der Waals surface area contributed by atoms with Crippen molar-refractivity contribution in [3.8, 4) is 0 Å². The highest BCUT2D eigenvalue weighted by Crippen LogP contribution is 2.32. The van der Waals surface area contributed by atoms with Crippen molar-refractivity contribution in [3.05, 3.63) is 58.1 Å². The van der Waals surface area contributed by atoms with Gasteiger partial charge in [-0.05, 0) is 81.3 Å². The van der Waals surface area contributed by atoms with Gasteiger partial charge in [-0.15, -0.1) is 0 Å². The monoisotopic (exact) mass is 483 g/mol. The Labute approximate surface area is 204 Å². The molecule has 2 saturated heterocycles. The maximum atomic E-state index is 13.5. The molecule has 0 bridgehead atoms. The molecule has 2 heterocycles. The number of para-hydroxylation sites is 1. The molecule has 0 spiro atoms. The van der Waals surface area contributed by atoms with Crippen LogP contribution >= 0.6 is 0 Å². The van der Waals surface area contributed by atoms with Gasteiger partial charge in [-0.2, -0.15) is 4.31 Å². The predicted octanol–water partition coefficient (Wildman–Crippen LogP) is 3.98. The van der Waals surface area contributed by atoms with Gasteiger partial charge in [-0.3, -0.25) is 4.79 Å². The van der Waals surface area contributed by atoms with Gasteiger partial charge in [0.25, 0.3) is 0 Å². The molecule has 0 aliphatic carbocycles. The Bertz CT molecular complexity index is 1150. The lowest BCUT2D eigenvalue weighted by Crippen LogP contribution is -2.52. The zero-order chi connectivity index (χ0) is 24.6. The molecule has 0 unspecified atom stereocenters. The molecular weight excluding hydrogens is 446 g/mol. The summed E-state index contributed by atoms with van der Waals surface area (Å²) in [5.74, 6) is 0.0816. The first-order chi connectivity index (χ1) is 16.1. The van der Waals surface area contributed by atoms with Crippen LogP contribution in [0.4, 0.5) is 5.69 Å². The number of piperidine rings is 1. The number of carbonyl (C=O) groups excluding carboxylic acids is 1. The van der Waals surface area contributed by atoms with E-state index < -0.39 is 10.0 Å². The molecule has 6 nitrogen and oxygen atoms in total. The van der Waals surface area contributed by atoms with E-state index in [9.17, 15) is 13.2 Å². The molecule has 1 amide bonds. The van der Waals surface area contributed by atoms with E-state index in [-0.39, 0.29) is 11.8 Å². The maximum Gasteiger partial charge on any atom is 0.243 e. The molecule has 34 heavy (non-hydrogen) atoms. The highest BCUT2D eigenvalue weighted by Gasteiger charge is 2.36. The molecule has 2 aliphatic heterocycles. The summed E-state index contributed by atoms with van der Waals surface area (Å²) in [5, 5.41) is 0. The Hall–Kier alpha value is -2.38. The van der Waals surface area contributed by atoms with Crippen molar-refractivity contribution in [2.45, 2.75) is 52.4 Å². The molecule has 0 radical (unpaired) electrons. The summed E-state index contributed by atoms with van der Waals surface area (Å²) in [5.41, 5.74) is 6.14. The Morgan fingerprint density at radius 3 is 1.91 bits per heavy atom. The first-order valence-electron chi connectivity index (χ1n) is 12.3. The van der Waals surface area contributed by atoms with Crippen molar-refractivity contribution in [3.63, 3.8) is 0 Å². The van der Waals surface area contributed by atoms with Gasteiger partial charge in [0.2, 0.25) is 15.9 Å². The van der Waals surface area contributed by atoms with Crippen LogP contribution in [0.2, 0.25) is 0 Å². The number of anilines is 1. The van der Waals surface area contributed by atoms with Gasteiger partial charge in [-0.25, -0.2) is 8.42 Å². The third kappa shape index (κ3) is 4.60. The highest BCUT2D eigenvalue weighted by molar-refractivity contribution is 7.89. The van der Waals surface area contributed by atoms with E-state index in [0.29, 0.717) is 43.9 Å². The fourth-order valence-corrected chi connectivity index (χ4v) is 7.43. The number of sulfonamides is 1. The van der Waals surface area contributed by atoms with Crippen LogP contribution in [-0.4, -0.2) is 62.8 Å². The van der Waals surface area contributed by atoms with Crippen molar-refractivity contribution >= 4 is 21.6 Å². The van der Waals surface area contributed by atoms with Crippen LogP contribution in [0.25, 0.3) is 0 Å². The molecule has 0 saturated carbocycles. The lowest BCUT2D eigenvalue weighted by atomic mass is 9.96. The van der Waals surface area contributed by atoms with Crippen LogP contribution in [0.15, 0.2) is 35.2 Å². The van der Waals surface area contributed by atoms with E-state index in [4.69, 9.17) is 0 Å². The number of hydrogen-bond acceptors (Lipinski definition) is 4. The summed E-state index contributed by atoms with van der Waals surface area (Å²) in [6.45, 7) is 13.7. The molecule has 2 fully saturated rings. The Balaban J connectivity index is 1.38. The second-order valence-corrected chi connectivity index (χ2v) is 11.7. The first kappa shape index (κ1) is 24.7. The zero-order valence-electron chi connectivity index (χ0n) is 21.1. The normalized spacial score (nSPS) is 18.4. The second-order valence-electron chi connectivity index (χ2n) is 9.87. The third-order valence-electron chi connectivity index (χ3n) is 7.75. The van der Waals surface area contributed by atoms with E-state index in [1.54, 1.807) is 4.31 Å². The van der Waals surface area contributed by atoms with Crippen LogP contribution in [-0.2, 0) is 14.8 Å². The SMILES string of the molecule is Cc1ccccc1N1CCN(C(=O)C2CCN(S(=O)(=O)c3c(C)c(C)cc(C)c3C)CC2)CC1. The van der Waals surface area contributed by atoms with E-state index in [2.05, 4.69) is 30.0 Å². The van der Waals surface area contributed by atoms with Crippen molar-refractivity contribution < 1.29 is 13.2 Å². The van der Waals surface area contributed by atoms with Crippen molar-refractivity contribution in [1.29, 1.82) is 0 Å². The summed E-state index contributed by atoms with van der Waals surface area (Å²) in [6.07, 6.45) is 1.16. The standard InChI is InChI=1S/C27H37N3O3S/c1-19-8-6-7-9-25(19)28-14-16-29(17-15-28)27(31)24-10-12-30(13-11-24)34(32,33)26-22(4)20(2)18-21(3)23(26)5/h6-9,18,24H,10-17H2,1-5H3. The Morgan fingerprint density at radius 2 is 1.35 bits per heavy atom. The fourth-order valence-electron chi connectivity index (χ4n) is 5.38. The number of hydrogen-bond donors (Lipinski definition) is 0. The molecule has 0 aromatic heterocycles. The predicted molar refractivity (Wildman–Crippen MR) is 137 cm³/mol. The second kappa shape index (κ2) is 9.70. The van der Waals surface area contributed by atoms with Crippen molar-refractivity contribution in [1.82, 2.24) is 9.21 Å². The quantitative estimate of drug-likeness (QED) is 0.660. The maximum absolute atomic E-state index is 13.5. The van der Waals surface area contributed by atoms with Gasteiger partial charge in [-0.1, -0.05) is 24.3 Å². The minimum absolute atomic E-state index is 0.0992. The number of benzene rings is 2. The smallest absolute Gasteiger partial charge is 0.243 e. The average molecular weight is 484 g/mol. The number of amides is 1. The van der Waals surface area contributed by atoms with Gasteiger partial charge in [0.05, 0.1) is 4.90 Å². The van der Waals surface area contributed by atoms with Gasteiger partial charge < -0.3 is 9.80 Å². The molecule has 2 aromatic carbocycles. The Kier molecular flexibility index (Phi) is 7.06. The summed E-state index contributed by atoms with van der Waals surface area (Å²) in [6, 6.07) is 10.4. The van der Waals surface area contributed by atoms with E-state index in [1.807, 2.05) is 44.7 Å². The van der Waals surface area contributed by atoms with Crippen LogP contribution in [0.5, 0.6) is 0 Å². The lowest BCUT2D eigenvalue weighted by Gasteiger charge is -2.39. The van der Waals surface area contributed by atoms with E-state index in [0.717, 1.165) is 35.3 Å². The van der Waals surface area contributed by atoms with Gasteiger partial charge in [0.1, 0.15) is 0 Å². The first-order valence-corrected chi connectivity index (χ1v) is 13.7. The molecule has 7 heteroatoms. The number of aryl methyl sites for hydroxylation is 3. The molecule has 0 atom stereocenters. The highest BCUT2D eigenvalue weighted by atomic mass is 32.2. The van der Waals surface area contributed by atoms with Gasteiger partial charge in [0.15, 0.2) is 0 Å². The van der Waals surface area contributed by atoms with Crippen LogP contribution < -0.4 is 4.90 Å². The van der Waals surface area contributed by atoms with Crippen molar-refractivity contribution in [2.24, 2.45) is 5.92 Å². The number of piperazine rings is 1. The summed E-state index contributed by atoms with van der Waals surface area (Å²) < 4.78 is 28.7. The zero-order valence-corrected chi connectivity index (χ0v) is 21.9. The average Bonchev–Trinajstić information content (AvgIpc) is 2.83. The molecule has 184 valence electrons. The molecule has 4 rings (SSSR count). The third-order valence-corrected chi connectivity index (χ3v) is 9.92. The minimum atomic E-state index is -3.58. The number of rotatable bonds is 4. The van der Waals surface area contributed by atoms with Gasteiger partial charge in [0, 0.05) is 50.9 Å². The summed E-state index contributed by atoms with van der Waals surface area (Å²) in [4.78, 5) is 18.0. The summed E-state index contributed by atoms with van der Waals surface area (Å²) in [7, 11) is -3.58. The number of carbonyl (C=O) groups is 1. The molecular formula is C27H37N3O3S.